The lowest BCUT2D eigenvalue weighted by atomic mass is 10.4. The van der Waals surface area contributed by atoms with Crippen molar-refractivity contribution in [2.45, 2.75) is 6.54 Å². The van der Waals surface area contributed by atoms with Crippen molar-refractivity contribution >= 4 is 22.9 Å². The second kappa shape index (κ2) is 6.86. The van der Waals surface area contributed by atoms with E-state index in [1.165, 1.54) is 4.88 Å². The van der Waals surface area contributed by atoms with Crippen LogP contribution in [0.4, 0.5) is 0 Å². The van der Waals surface area contributed by atoms with E-state index in [1.807, 2.05) is 6.07 Å². The van der Waals surface area contributed by atoms with Gasteiger partial charge in [0.1, 0.15) is 0 Å². The Hall–Kier alpha value is -0.530. The third-order valence-corrected chi connectivity index (χ3v) is 3.17. The number of hydrogen-bond acceptors (Lipinski definition) is 3. The van der Waals surface area contributed by atoms with Crippen molar-refractivity contribution in [3.8, 4) is 12.3 Å². The van der Waals surface area contributed by atoms with Crippen molar-refractivity contribution in [1.82, 2.24) is 10.2 Å². The summed E-state index contributed by atoms with van der Waals surface area (Å²) >= 11 is 7.49. The number of likely N-dealkylation sites (N-methyl/N-ethyl adjacent to an activating group) is 1. The normalized spacial score (nSPS) is 10.5. The summed E-state index contributed by atoms with van der Waals surface area (Å²) in [6, 6.07) is 4.00. The predicted molar refractivity (Wildman–Crippen MR) is 67.4 cm³/mol. The number of nitrogens with one attached hydrogen (secondary N) is 1. The Morgan fingerprint density at radius 3 is 3.00 bits per heavy atom. The highest BCUT2D eigenvalue weighted by Crippen LogP contribution is 2.22. The zero-order chi connectivity index (χ0) is 11.1. The van der Waals surface area contributed by atoms with E-state index in [-0.39, 0.29) is 0 Å². The Balaban J connectivity index is 2.19. The van der Waals surface area contributed by atoms with Gasteiger partial charge in [-0.15, -0.1) is 17.8 Å². The highest BCUT2D eigenvalue weighted by atomic mass is 35.5. The molecular weight excluding hydrogens is 228 g/mol. The molecule has 0 amide bonds. The van der Waals surface area contributed by atoms with Crippen LogP contribution in [0.2, 0.25) is 4.34 Å². The predicted octanol–water partition coefficient (Wildman–Crippen LogP) is 2.06. The second-order valence-electron chi connectivity index (χ2n) is 3.32. The molecule has 0 bridgehead atoms. The molecule has 0 saturated heterocycles. The Kier molecular flexibility index (Phi) is 5.74. The largest absolute Gasteiger partial charge is 0.305 e. The first kappa shape index (κ1) is 12.5. The van der Waals surface area contributed by atoms with Crippen molar-refractivity contribution in [2.75, 3.05) is 26.7 Å². The summed E-state index contributed by atoms with van der Waals surface area (Å²) in [4.78, 5) is 3.53. The molecule has 1 aromatic rings. The summed E-state index contributed by atoms with van der Waals surface area (Å²) in [5.74, 6) is 2.55. The monoisotopic (exact) mass is 242 g/mol. The Morgan fingerprint density at radius 1 is 1.60 bits per heavy atom. The third-order valence-electron chi connectivity index (χ3n) is 1.95. The van der Waals surface area contributed by atoms with Crippen LogP contribution < -0.4 is 5.32 Å². The highest BCUT2D eigenvalue weighted by Gasteiger charge is 2.02. The van der Waals surface area contributed by atoms with Crippen molar-refractivity contribution in [3.63, 3.8) is 0 Å². The lowest BCUT2D eigenvalue weighted by molar-refractivity contribution is 0.329. The molecule has 82 valence electrons. The lowest BCUT2D eigenvalue weighted by Crippen LogP contribution is -2.28. The lowest BCUT2D eigenvalue weighted by Gasteiger charge is -2.15. The van der Waals surface area contributed by atoms with Gasteiger partial charge in [0, 0.05) is 24.5 Å². The van der Waals surface area contributed by atoms with Gasteiger partial charge in [-0.1, -0.05) is 17.5 Å². The first-order valence-corrected chi connectivity index (χ1v) is 5.98. The fourth-order valence-corrected chi connectivity index (χ4v) is 2.38. The summed E-state index contributed by atoms with van der Waals surface area (Å²) in [6.45, 7) is 3.48. The smallest absolute Gasteiger partial charge is 0.0931 e. The molecule has 0 fully saturated rings. The van der Waals surface area contributed by atoms with Gasteiger partial charge < -0.3 is 10.2 Å². The van der Waals surface area contributed by atoms with Gasteiger partial charge in [0.05, 0.1) is 10.9 Å². The first-order chi connectivity index (χ1) is 7.22. The van der Waals surface area contributed by atoms with Crippen LogP contribution in [0.5, 0.6) is 0 Å². The van der Waals surface area contributed by atoms with E-state index in [9.17, 15) is 0 Å². The summed E-state index contributed by atoms with van der Waals surface area (Å²) in [5.41, 5.74) is 0. The second-order valence-corrected chi connectivity index (χ2v) is 5.12. The molecule has 1 heterocycles. The fraction of sp³-hybridized carbons (Fsp3) is 0.455. The number of terminal acetylenes is 1. The maximum Gasteiger partial charge on any atom is 0.0931 e. The maximum absolute atomic E-state index is 5.85. The van der Waals surface area contributed by atoms with Gasteiger partial charge in [-0.25, -0.2) is 0 Å². The van der Waals surface area contributed by atoms with Crippen molar-refractivity contribution < 1.29 is 0 Å². The molecular formula is C11H15ClN2S. The molecule has 1 rings (SSSR count). The maximum atomic E-state index is 5.85. The van der Waals surface area contributed by atoms with Crippen molar-refractivity contribution in [3.05, 3.63) is 21.3 Å². The van der Waals surface area contributed by atoms with E-state index in [4.69, 9.17) is 18.0 Å². The number of halogens is 1. The van der Waals surface area contributed by atoms with Gasteiger partial charge in [-0.3, -0.25) is 0 Å². The fourth-order valence-electron chi connectivity index (χ4n) is 1.21. The van der Waals surface area contributed by atoms with Gasteiger partial charge in [0.2, 0.25) is 0 Å². The van der Waals surface area contributed by atoms with E-state index in [0.29, 0.717) is 6.54 Å². The van der Waals surface area contributed by atoms with Gasteiger partial charge in [-0.2, -0.15) is 0 Å². The van der Waals surface area contributed by atoms with E-state index in [1.54, 1.807) is 11.3 Å². The minimum atomic E-state index is 0.638. The van der Waals surface area contributed by atoms with Crippen molar-refractivity contribution in [2.24, 2.45) is 0 Å². The summed E-state index contributed by atoms with van der Waals surface area (Å²) in [5, 5.41) is 3.16. The van der Waals surface area contributed by atoms with Gasteiger partial charge >= 0.3 is 0 Å². The number of rotatable bonds is 6. The molecule has 15 heavy (non-hydrogen) atoms. The minimum absolute atomic E-state index is 0.638. The van der Waals surface area contributed by atoms with E-state index >= 15 is 0 Å². The quantitative estimate of drug-likeness (QED) is 0.607. The molecule has 0 aromatic carbocycles. The van der Waals surface area contributed by atoms with E-state index in [0.717, 1.165) is 24.0 Å². The Morgan fingerprint density at radius 2 is 2.40 bits per heavy atom. The third kappa shape index (κ3) is 5.19. The SMILES string of the molecule is C#CCNCCN(C)Cc1ccc(Cl)s1. The van der Waals surface area contributed by atoms with Crippen LogP contribution in [0.3, 0.4) is 0 Å². The van der Waals surface area contributed by atoms with Crippen LogP contribution in [-0.4, -0.2) is 31.6 Å². The number of thiophene rings is 1. The molecule has 0 unspecified atom stereocenters. The topological polar surface area (TPSA) is 15.3 Å². The number of hydrogen-bond donors (Lipinski definition) is 1. The molecule has 1 aromatic heterocycles. The Labute approximate surface area is 100 Å². The molecule has 0 radical (unpaired) electrons. The molecule has 0 aliphatic carbocycles. The Bertz CT molecular complexity index is 330. The molecule has 0 saturated carbocycles. The van der Waals surface area contributed by atoms with Crippen LogP contribution in [0, 0.1) is 12.3 Å². The van der Waals surface area contributed by atoms with Gasteiger partial charge in [-0.05, 0) is 19.2 Å². The minimum Gasteiger partial charge on any atom is -0.305 e. The van der Waals surface area contributed by atoms with Crippen LogP contribution in [0.15, 0.2) is 12.1 Å². The molecule has 0 spiro atoms. The van der Waals surface area contributed by atoms with Gasteiger partial charge in [0.15, 0.2) is 0 Å². The molecule has 2 nitrogen and oxygen atoms in total. The molecule has 0 aliphatic rings. The average Bonchev–Trinajstić information content (AvgIpc) is 2.59. The standard InChI is InChI=1S/C11H15ClN2S/c1-3-6-13-7-8-14(2)9-10-4-5-11(12)15-10/h1,4-5,13H,6-9H2,2H3. The molecule has 0 aliphatic heterocycles. The summed E-state index contributed by atoms with van der Waals surface area (Å²) in [7, 11) is 2.09. The number of nitrogens with zero attached hydrogens (tertiary/aromatic N) is 1. The zero-order valence-electron chi connectivity index (χ0n) is 8.79. The van der Waals surface area contributed by atoms with E-state index in [2.05, 4.69) is 29.3 Å². The van der Waals surface area contributed by atoms with Crippen LogP contribution in [0.1, 0.15) is 4.88 Å². The highest BCUT2D eigenvalue weighted by molar-refractivity contribution is 7.16. The van der Waals surface area contributed by atoms with Crippen LogP contribution in [-0.2, 0) is 6.54 Å². The molecule has 1 N–H and O–H groups in total. The summed E-state index contributed by atoms with van der Waals surface area (Å²) < 4.78 is 0.851. The average molecular weight is 243 g/mol. The van der Waals surface area contributed by atoms with Crippen LogP contribution >= 0.6 is 22.9 Å². The summed E-state index contributed by atoms with van der Waals surface area (Å²) in [6.07, 6.45) is 5.13. The van der Waals surface area contributed by atoms with Crippen LogP contribution in [0.25, 0.3) is 0 Å². The van der Waals surface area contributed by atoms with Crippen molar-refractivity contribution in [1.29, 1.82) is 0 Å². The zero-order valence-corrected chi connectivity index (χ0v) is 10.4. The molecule has 0 atom stereocenters. The molecule has 4 heteroatoms. The van der Waals surface area contributed by atoms with Gasteiger partial charge in [0.25, 0.3) is 0 Å². The first-order valence-electron chi connectivity index (χ1n) is 4.79. The van der Waals surface area contributed by atoms with E-state index < -0.39 is 0 Å².